The molecule has 0 unspecified atom stereocenters. The lowest BCUT2D eigenvalue weighted by Crippen LogP contribution is -2.01. The highest BCUT2D eigenvalue weighted by atomic mass is 31.2. The maximum Gasteiger partial charge on any atom is 0.334 e. The van der Waals surface area contributed by atoms with E-state index < -0.39 is 8.38 Å². The second-order valence-electron chi connectivity index (χ2n) is 6.45. The zero-order valence-corrected chi connectivity index (χ0v) is 18.2. The lowest BCUT2D eigenvalue weighted by Gasteiger charge is -2.21. The van der Waals surface area contributed by atoms with Gasteiger partial charge in [-0.3, -0.25) is 0 Å². The van der Waals surface area contributed by atoms with E-state index in [4.69, 9.17) is 18.5 Å². The van der Waals surface area contributed by atoms with Crippen LogP contribution < -0.4 is 18.5 Å². The average molecular weight is 420 g/mol. The van der Waals surface area contributed by atoms with E-state index in [1.165, 1.54) is 0 Å². The first kappa shape index (κ1) is 21.5. The Balaban J connectivity index is 1.90. The van der Waals surface area contributed by atoms with Crippen LogP contribution in [0.5, 0.6) is 23.0 Å². The van der Waals surface area contributed by atoms with E-state index in [0.29, 0.717) is 23.0 Å². The monoisotopic (exact) mass is 420 g/mol. The highest BCUT2D eigenvalue weighted by Gasteiger charge is 2.24. The summed E-state index contributed by atoms with van der Waals surface area (Å²) in [5.74, 6) is 2.50. The molecule has 0 amide bonds. The quantitative estimate of drug-likeness (QED) is 0.235. The summed E-state index contributed by atoms with van der Waals surface area (Å²) >= 11 is 0. The van der Waals surface area contributed by atoms with Crippen molar-refractivity contribution in [1.82, 2.24) is 0 Å². The first-order valence-corrected chi connectivity index (χ1v) is 10.7. The van der Waals surface area contributed by atoms with Gasteiger partial charge in [0.1, 0.15) is 0 Å². The van der Waals surface area contributed by atoms with Crippen LogP contribution in [0, 0.1) is 0 Å². The molecule has 2 aromatic carbocycles. The van der Waals surface area contributed by atoms with Gasteiger partial charge in [-0.05, 0) is 60.4 Å². The Bertz CT molecular complexity index is 952. The highest BCUT2D eigenvalue weighted by molar-refractivity contribution is 7.53. The normalized spacial score (nSPS) is 11.9. The fourth-order valence-corrected chi connectivity index (χ4v) is 4.17. The smallest absolute Gasteiger partial charge is 0.334 e. The Labute approximate surface area is 179 Å². The van der Waals surface area contributed by atoms with Gasteiger partial charge in [-0.1, -0.05) is 30.4 Å². The molecule has 0 saturated carbocycles. The first-order valence-electron chi connectivity index (χ1n) is 9.53. The molecular weight excluding hydrogens is 395 g/mol. The summed E-state index contributed by atoms with van der Waals surface area (Å²) in [6.45, 7) is 7.57. The number of methoxy groups -OCH3 is 2. The van der Waals surface area contributed by atoms with E-state index in [1.54, 1.807) is 14.2 Å². The van der Waals surface area contributed by atoms with E-state index in [9.17, 15) is 0 Å². The van der Waals surface area contributed by atoms with Gasteiger partial charge in [0.25, 0.3) is 0 Å². The van der Waals surface area contributed by atoms with Crippen molar-refractivity contribution >= 4 is 8.38 Å². The standard InChI is InChI=1S/C25H25O4P/c1-5-9-19-13-15-22(24(17-19)26-3)28-30(21-11-7-8-12-21)29-23-16-14-20(10-6-2)18-25(23)27-4/h5-8,11,13-18H,1-2,9-10H2,3-4H3. The van der Waals surface area contributed by atoms with Crippen LogP contribution in [-0.2, 0) is 12.8 Å². The minimum atomic E-state index is -1.51. The van der Waals surface area contributed by atoms with Crippen molar-refractivity contribution in [1.29, 1.82) is 0 Å². The molecule has 0 saturated heterocycles. The van der Waals surface area contributed by atoms with Gasteiger partial charge in [0.05, 0.1) is 19.5 Å². The fourth-order valence-electron chi connectivity index (χ4n) is 2.89. The fraction of sp³-hybridized carbons (Fsp3) is 0.160. The molecule has 0 spiro atoms. The maximum absolute atomic E-state index is 6.28. The lowest BCUT2D eigenvalue weighted by atomic mass is 10.1. The van der Waals surface area contributed by atoms with Gasteiger partial charge in [-0.2, -0.15) is 0 Å². The van der Waals surface area contributed by atoms with Crippen LogP contribution in [0.25, 0.3) is 0 Å². The van der Waals surface area contributed by atoms with E-state index in [1.807, 2.05) is 66.8 Å². The Morgan fingerprint density at radius 1 is 0.833 bits per heavy atom. The topological polar surface area (TPSA) is 36.9 Å². The zero-order valence-electron chi connectivity index (χ0n) is 17.3. The zero-order chi connectivity index (χ0) is 21.3. The Kier molecular flexibility index (Phi) is 7.57. The molecule has 5 heteroatoms. The third kappa shape index (κ3) is 5.24. The van der Waals surface area contributed by atoms with Crippen LogP contribution >= 0.6 is 8.38 Å². The number of rotatable bonds is 11. The van der Waals surface area contributed by atoms with Crippen LogP contribution in [0.15, 0.2) is 91.0 Å². The van der Waals surface area contributed by atoms with E-state index >= 15 is 0 Å². The number of ether oxygens (including phenoxy) is 2. The van der Waals surface area contributed by atoms with E-state index in [0.717, 1.165) is 29.3 Å². The molecule has 0 atom stereocenters. The summed E-state index contributed by atoms with van der Waals surface area (Å²) in [5, 5.41) is 0.833. The molecule has 1 aliphatic rings. The molecule has 30 heavy (non-hydrogen) atoms. The first-order chi connectivity index (χ1) is 14.7. The van der Waals surface area contributed by atoms with Crippen LogP contribution in [0.2, 0.25) is 0 Å². The molecule has 0 fully saturated rings. The number of hydrogen-bond donors (Lipinski definition) is 0. The largest absolute Gasteiger partial charge is 0.493 e. The Morgan fingerprint density at radius 2 is 1.37 bits per heavy atom. The molecule has 0 radical (unpaired) electrons. The summed E-state index contributed by atoms with van der Waals surface area (Å²) in [6, 6.07) is 11.7. The van der Waals surface area contributed by atoms with Gasteiger partial charge < -0.3 is 18.5 Å². The Hall–Kier alpha value is -3.19. The van der Waals surface area contributed by atoms with Gasteiger partial charge >= 0.3 is 8.38 Å². The van der Waals surface area contributed by atoms with Gasteiger partial charge in [0.2, 0.25) is 0 Å². The lowest BCUT2D eigenvalue weighted by molar-refractivity contribution is 0.380. The molecule has 2 aromatic rings. The van der Waals surface area contributed by atoms with Gasteiger partial charge in [-0.15, -0.1) is 18.9 Å². The molecule has 3 rings (SSSR count). The second-order valence-corrected chi connectivity index (χ2v) is 7.81. The molecular formula is C25H25O4P. The molecule has 0 aromatic heterocycles. The van der Waals surface area contributed by atoms with Crippen molar-refractivity contribution < 1.29 is 18.5 Å². The SMILES string of the molecule is C=CCc1ccc(OP(Oc2ccc(CC=C)cc2OC)C2=C=CC=C2)c(OC)c1. The van der Waals surface area contributed by atoms with Crippen LogP contribution in [0.1, 0.15) is 11.1 Å². The summed E-state index contributed by atoms with van der Waals surface area (Å²) in [6.07, 6.45) is 10.9. The molecule has 0 N–H and O–H groups in total. The minimum absolute atomic E-state index is 0.605. The molecule has 4 nitrogen and oxygen atoms in total. The summed E-state index contributed by atoms with van der Waals surface area (Å²) in [7, 11) is 1.74. The van der Waals surface area contributed by atoms with Crippen molar-refractivity contribution in [3.8, 4) is 23.0 Å². The second kappa shape index (κ2) is 10.5. The molecule has 154 valence electrons. The van der Waals surface area contributed by atoms with E-state index in [2.05, 4.69) is 18.9 Å². The van der Waals surface area contributed by atoms with Crippen molar-refractivity contribution in [3.63, 3.8) is 0 Å². The molecule has 1 aliphatic carbocycles. The Morgan fingerprint density at radius 3 is 1.77 bits per heavy atom. The third-order valence-corrected chi connectivity index (χ3v) is 5.75. The number of benzene rings is 2. The predicted molar refractivity (Wildman–Crippen MR) is 123 cm³/mol. The summed E-state index contributed by atoms with van der Waals surface area (Å²) in [4.78, 5) is 0. The number of hydrogen-bond acceptors (Lipinski definition) is 4. The minimum Gasteiger partial charge on any atom is -0.493 e. The maximum atomic E-state index is 6.28. The van der Waals surface area contributed by atoms with Gasteiger partial charge in [-0.25, -0.2) is 0 Å². The molecule has 0 aliphatic heterocycles. The summed E-state index contributed by atoms with van der Waals surface area (Å²) in [5.41, 5.74) is 5.38. The number of allylic oxidation sites excluding steroid dienone is 5. The van der Waals surface area contributed by atoms with Crippen LogP contribution in [0.3, 0.4) is 0 Å². The highest BCUT2D eigenvalue weighted by Crippen LogP contribution is 2.52. The van der Waals surface area contributed by atoms with Gasteiger partial charge in [0.15, 0.2) is 23.0 Å². The summed E-state index contributed by atoms with van der Waals surface area (Å²) < 4.78 is 23.6. The van der Waals surface area contributed by atoms with Crippen molar-refractivity contribution in [2.24, 2.45) is 0 Å². The van der Waals surface area contributed by atoms with Gasteiger partial charge in [0, 0.05) is 0 Å². The van der Waals surface area contributed by atoms with E-state index in [-0.39, 0.29) is 0 Å². The van der Waals surface area contributed by atoms with Crippen molar-refractivity contribution in [3.05, 3.63) is 102 Å². The van der Waals surface area contributed by atoms with Crippen LogP contribution in [0.4, 0.5) is 0 Å². The third-order valence-electron chi connectivity index (χ3n) is 4.36. The molecule has 0 heterocycles. The van der Waals surface area contributed by atoms with Crippen molar-refractivity contribution in [2.45, 2.75) is 12.8 Å². The van der Waals surface area contributed by atoms with Crippen molar-refractivity contribution in [2.75, 3.05) is 14.2 Å². The molecule has 0 bridgehead atoms. The predicted octanol–water partition coefficient (Wildman–Crippen LogP) is 6.54. The van der Waals surface area contributed by atoms with Crippen LogP contribution in [-0.4, -0.2) is 14.2 Å². The average Bonchev–Trinajstić information content (AvgIpc) is 3.30.